The quantitative estimate of drug-likeness (QED) is 0.757. The van der Waals surface area contributed by atoms with Crippen LogP contribution >= 0.6 is 0 Å². The van der Waals surface area contributed by atoms with Crippen molar-refractivity contribution in [1.29, 1.82) is 0 Å². The number of nitrogens with zero attached hydrogens (tertiary/aromatic N) is 1. The summed E-state index contributed by atoms with van der Waals surface area (Å²) >= 11 is 0. The van der Waals surface area contributed by atoms with Gasteiger partial charge in [-0.1, -0.05) is 0 Å². The number of nitrogens with two attached hydrogens (primary N) is 1. The Morgan fingerprint density at radius 1 is 1.31 bits per heavy atom. The first kappa shape index (κ1) is 11.9. The minimum absolute atomic E-state index is 0.153. The van der Waals surface area contributed by atoms with E-state index in [1.165, 1.54) is 6.42 Å². The van der Waals surface area contributed by atoms with Crippen LogP contribution in [0.2, 0.25) is 0 Å². The van der Waals surface area contributed by atoms with Gasteiger partial charge in [0, 0.05) is 25.7 Å². The summed E-state index contributed by atoms with van der Waals surface area (Å²) in [5, 5.41) is 0. The van der Waals surface area contributed by atoms with Crippen LogP contribution in [0, 0.1) is 0 Å². The second-order valence-corrected chi connectivity index (χ2v) is 4.80. The van der Waals surface area contributed by atoms with Crippen LogP contribution in [0.5, 0.6) is 0 Å². The Labute approximate surface area is 97.1 Å². The molecule has 0 aromatic carbocycles. The standard InChI is InChI=1S/C12H22N2O2/c13-6-7-14(10-4-5-10)12(15)9-11-3-1-2-8-16-11/h10-11H,1-9,13H2. The third-order valence-corrected chi connectivity index (χ3v) is 3.35. The summed E-state index contributed by atoms with van der Waals surface area (Å²) in [6, 6.07) is 0.472. The molecule has 1 aliphatic heterocycles. The summed E-state index contributed by atoms with van der Waals surface area (Å²) in [5.41, 5.74) is 5.54. The second kappa shape index (κ2) is 5.64. The molecule has 0 radical (unpaired) electrons. The highest BCUT2D eigenvalue weighted by atomic mass is 16.5. The van der Waals surface area contributed by atoms with Gasteiger partial charge in [-0.25, -0.2) is 0 Å². The molecule has 4 heteroatoms. The largest absolute Gasteiger partial charge is 0.378 e. The van der Waals surface area contributed by atoms with Crippen LogP contribution in [0.1, 0.15) is 38.5 Å². The molecule has 1 saturated heterocycles. The van der Waals surface area contributed by atoms with Crippen molar-refractivity contribution in [2.45, 2.75) is 50.7 Å². The van der Waals surface area contributed by atoms with Crippen molar-refractivity contribution in [2.75, 3.05) is 19.7 Å². The maximum Gasteiger partial charge on any atom is 0.225 e. The second-order valence-electron chi connectivity index (χ2n) is 4.80. The topological polar surface area (TPSA) is 55.6 Å². The van der Waals surface area contributed by atoms with E-state index in [9.17, 15) is 4.79 Å². The number of amides is 1. The van der Waals surface area contributed by atoms with Gasteiger partial charge in [-0.15, -0.1) is 0 Å². The summed E-state index contributed by atoms with van der Waals surface area (Å²) in [5.74, 6) is 0.236. The van der Waals surface area contributed by atoms with Gasteiger partial charge in [0.1, 0.15) is 0 Å². The summed E-state index contributed by atoms with van der Waals surface area (Å²) in [7, 11) is 0. The van der Waals surface area contributed by atoms with Crippen molar-refractivity contribution in [3.05, 3.63) is 0 Å². The highest BCUT2D eigenvalue weighted by Crippen LogP contribution is 2.28. The molecule has 2 rings (SSSR count). The average Bonchev–Trinajstić information content (AvgIpc) is 3.11. The van der Waals surface area contributed by atoms with E-state index in [4.69, 9.17) is 10.5 Å². The van der Waals surface area contributed by atoms with Crippen LogP contribution in [0.25, 0.3) is 0 Å². The van der Waals surface area contributed by atoms with Gasteiger partial charge in [0.2, 0.25) is 5.91 Å². The summed E-state index contributed by atoms with van der Waals surface area (Å²) < 4.78 is 5.60. The van der Waals surface area contributed by atoms with E-state index >= 15 is 0 Å². The first-order valence-corrected chi connectivity index (χ1v) is 6.42. The van der Waals surface area contributed by atoms with Crippen LogP contribution in [0.4, 0.5) is 0 Å². The van der Waals surface area contributed by atoms with Crippen LogP contribution < -0.4 is 5.73 Å². The van der Waals surface area contributed by atoms with Gasteiger partial charge >= 0.3 is 0 Å². The lowest BCUT2D eigenvalue weighted by Gasteiger charge is -2.26. The zero-order valence-electron chi connectivity index (χ0n) is 9.86. The van der Waals surface area contributed by atoms with Gasteiger partial charge < -0.3 is 15.4 Å². The van der Waals surface area contributed by atoms with Gasteiger partial charge in [-0.2, -0.15) is 0 Å². The van der Waals surface area contributed by atoms with Gasteiger partial charge in [0.15, 0.2) is 0 Å². The van der Waals surface area contributed by atoms with Crippen molar-refractivity contribution < 1.29 is 9.53 Å². The van der Waals surface area contributed by atoms with E-state index in [1.54, 1.807) is 0 Å². The molecule has 0 bridgehead atoms. The normalized spacial score (nSPS) is 25.4. The summed E-state index contributed by atoms with van der Waals surface area (Å²) in [6.45, 7) is 2.09. The monoisotopic (exact) mass is 226 g/mol. The summed E-state index contributed by atoms with van der Waals surface area (Å²) in [6.07, 6.45) is 6.37. The van der Waals surface area contributed by atoms with Gasteiger partial charge in [-0.3, -0.25) is 4.79 Å². The molecule has 92 valence electrons. The van der Waals surface area contributed by atoms with Crippen LogP contribution in [-0.4, -0.2) is 42.6 Å². The molecule has 1 amide bonds. The van der Waals surface area contributed by atoms with Gasteiger partial charge in [0.05, 0.1) is 12.5 Å². The lowest BCUT2D eigenvalue weighted by atomic mass is 10.1. The molecular weight excluding hydrogens is 204 g/mol. The molecule has 1 atom stereocenters. The molecule has 16 heavy (non-hydrogen) atoms. The molecule has 2 aliphatic rings. The summed E-state index contributed by atoms with van der Waals surface area (Å²) in [4.78, 5) is 14.0. The molecule has 1 saturated carbocycles. The molecule has 2 N–H and O–H groups in total. The van der Waals surface area contributed by atoms with E-state index in [0.29, 0.717) is 25.6 Å². The maximum atomic E-state index is 12.1. The predicted molar refractivity (Wildman–Crippen MR) is 62.0 cm³/mol. The Bertz CT molecular complexity index is 235. The fourth-order valence-corrected chi connectivity index (χ4v) is 2.32. The Balaban J connectivity index is 1.79. The molecule has 4 nitrogen and oxygen atoms in total. The van der Waals surface area contributed by atoms with Gasteiger partial charge in [-0.05, 0) is 32.1 Å². The number of rotatable bonds is 5. The van der Waals surface area contributed by atoms with E-state index in [0.717, 1.165) is 32.3 Å². The van der Waals surface area contributed by atoms with Gasteiger partial charge in [0.25, 0.3) is 0 Å². The third kappa shape index (κ3) is 3.19. The Morgan fingerprint density at radius 2 is 2.12 bits per heavy atom. The highest BCUT2D eigenvalue weighted by molar-refractivity contribution is 5.77. The Kier molecular flexibility index (Phi) is 4.18. The van der Waals surface area contributed by atoms with Crippen LogP contribution in [-0.2, 0) is 9.53 Å². The smallest absolute Gasteiger partial charge is 0.225 e. The molecular formula is C12H22N2O2. The fourth-order valence-electron chi connectivity index (χ4n) is 2.32. The van der Waals surface area contributed by atoms with E-state index < -0.39 is 0 Å². The Morgan fingerprint density at radius 3 is 2.69 bits per heavy atom. The van der Waals surface area contributed by atoms with Crippen molar-refractivity contribution in [2.24, 2.45) is 5.73 Å². The molecule has 1 unspecified atom stereocenters. The first-order chi connectivity index (χ1) is 7.81. The average molecular weight is 226 g/mol. The molecule has 0 aromatic heterocycles. The molecule has 2 fully saturated rings. The lowest BCUT2D eigenvalue weighted by Crippen LogP contribution is -2.39. The van der Waals surface area contributed by atoms with Crippen LogP contribution in [0.15, 0.2) is 0 Å². The number of carbonyl (C=O) groups excluding carboxylic acids is 1. The number of carbonyl (C=O) groups is 1. The predicted octanol–water partition coefficient (Wildman–Crippen LogP) is 0.895. The van der Waals surface area contributed by atoms with Crippen LogP contribution in [0.3, 0.4) is 0 Å². The van der Waals surface area contributed by atoms with Crippen molar-refractivity contribution >= 4 is 5.91 Å². The van der Waals surface area contributed by atoms with E-state index in [-0.39, 0.29) is 12.0 Å². The first-order valence-electron chi connectivity index (χ1n) is 6.42. The fraction of sp³-hybridized carbons (Fsp3) is 0.917. The lowest BCUT2D eigenvalue weighted by molar-refractivity contribution is -0.135. The highest BCUT2D eigenvalue weighted by Gasteiger charge is 2.33. The zero-order chi connectivity index (χ0) is 11.4. The number of ether oxygens (including phenoxy) is 1. The molecule has 1 aliphatic carbocycles. The van der Waals surface area contributed by atoms with Crippen molar-refractivity contribution in [3.8, 4) is 0 Å². The SMILES string of the molecule is NCCN(C(=O)CC1CCCCO1)C1CC1. The molecule has 0 aromatic rings. The number of hydrogen-bond donors (Lipinski definition) is 1. The minimum atomic E-state index is 0.153. The zero-order valence-corrected chi connectivity index (χ0v) is 9.86. The van der Waals surface area contributed by atoms with E-state index in [2.05, 4.69) is 0 Å². The maximum absolute atomic E-state index is 12.1. The van der Waals surface area contributed by atoms with Crippen molar-refractivity contribution in [1.82, 2.24) is 4.90 Å². The van der Waals surface area contributed by atoms with Crippen molar-refractivity contribution in [3.63, 3.8) is 0 Å². The van der Waals surface area contributed by atoms with E-state index in [1.807, 2.05) is 4.90 Å². The third-order valence-electron chi connectivity index (χ3n) is 3.35. The number of hydrogen-bond acceptors (Lipinski definition) is 3. The minimum Gasteiger partial charge on any atom is -0.378 e. The Hall–Kier alpha value is -0.610. The molecule has 0 spiro atoms. The molecule has 1 heterocycles.